The van der Waals surface area contributed by atoms with Gasteiger partial charge in [0.2, 0.25) is 11.8 Å². The van der Waals surface area contributed by atoms with Gasteiger partial charge in [0.25, 0.3) is 0 Å². The molecular formula is C15H21N3O3. The predicted octanol–water partition coefficient (Wildman–Crippen LogP) is 1.02. The number of ether oxygens (including phenoxy) is 1. The molecule has 2 rings (SSSR count). The number of nitrogens with zero attached hydrogens (tertiary/aromatic N) is 2. The number of pyridine rings is 1. The summed E-state index contributed by atoms with van der Waals surface area (Å²) in [6.07, 6.45) is 0.577. The Balaban J connectivity index is 2.28. The van der Waals surface area contributed by atoms with E-state index in [4.69, 9.17) is 4.74 Å². The van der Waals surface area contributed by atoms with Crippen molar-refractivity contribution in [3.05, 3.63) is 23.5 Å². The van der Waals surface area contributed by atoms with E-state index < -0.39 is 12.1 Å². The summed E-state index contributed by atoms with van der Waals surface area (Å²) in [7, 11) is 1.59. The van der Waals surface area contributed by atoms with Crippen molar-refractivity contribution in [2.45, 2.75) is 45.8 Å². The molecule has 2 heterocycles. The van der Waals surface area contributed by atoms with E-state index in [2.05, 4.69) is 10.3 Å². The summed E-state index contributed by atoms with van der Waals surface area (Å²) in [4.78, 5) is 30.4. The summed E-state index contributed by atoms with van der Waals surface area (Å²) in [6.45, 7) is 5.78. The zero-order valence-corrected chi connectivity index (χ0v) is 12.8. The molecule has 2 amide bonds. The van der Waals surface area contributed by atoms with Gasteiger partial charge in [0, 0.05) is 17.8 Å². The molecule has 1 aromatic rings. The zero-order chi connectivity index (χ0) is 15.6. The second-order valence-electron chi connectivity index (χ2n) is 5.26. The lowest BCUT2D eigenvalue weighted by atomic mass is 10.1. The predicted molar refractivity (Wildman–Crippen MR) is 77.8 cm³/mol. The molecule has 1 aliphatic rings. The molecular weight excluding hydrogens is 270 g/mol. The third kappa shape index (κ3) is 3.15. The van der Waals surface area contributed by atoms with Crippen LogP contribution >= 0.6 is 0 Å². The van der Waals surface area contributed by atoms with Gasteiger partial charge in [-0.05, 0) is 20.3 Å². The third-order valence-electron chi connectivity index (χ3n) is 3.63. The first-order chi connectivity index (χ1) is 9.96. The van der Waals surface area contributed by atoms with Crippen LogP contribution in [-0.4, -0.2) is 40.9 Å². The van der Waals surface area contributed by atoms with E-state index in [9.17, 15) is 9.59 Å². The van der Waals surface area contributed by atoms with Crippen LogP contribution in [0, 0.1) is 6.92 Å². The number of nitrogens with one attached hydrogen (secondary N) is 1. The average Bonchev–Trinajstić information content (AvgIpc) is 2.44. The molecule has 2 unspecified atom stereocenters. The van der Waals surface area contributed by atoms with Gasteiger partial charge in [-0.15, -0.1) is 0 Å². The molecule has 1 N–H and O–H groups in total. The van der Waals surface area contributed by atoms with Crippen LogP contribution in [0.4, 0.5) is 0 Å². The lowest BCUT2D eigenvalue weighted by Crippen LogP contribution is -2.61. The molecule has 0 spiro atoms. The molecule has 1 aromatic heterocycles. The van der Waals surface area contributed by atoms with Gasteiger partial charge >= 0.3 is 0 Å². The fraction of sp³-hybridized carbons (Fsp3) is 0.533. The van der Waals surface area contributed by atoms with Gasteiger partial charge in [-0.1, -0.05) is 6.92 Å². The molecule has 1 fully saturated rings. The molecule has 0 bridgehead atoms. The summed E-state index contributed by atoms with van der Waals surface area (Å²) < 4.78 is 5.22. The molecule has 21 heavy (non-hydrogen) atoms. The lowest BCUT2D eigenvalue weighted by Gasteiger charge is -2.37. The first kappa shape index (κ1) is 15.3. The molecule has 6 heteroatoms. The number of aromatic nitrogens is 1. The molecule has 2 atom stereocenters. The molecule has 0 aliphatic carbocycles. The number of methoxy groups -OCH3 is 1. The third-order valence-corrected chi connectivity index (χ3v) is 3.63. The maximum Gasteiger partial charge on any atom is 0.245 e. The van der Waals surface area contributed by atoms with Crippen molar-refractivity contribution in [1.29, 1.82) is 0 Å². The first-order valence-electron chi connectivity index (χ1n) is 7.08. The Morgan fingerprint density at radius 2 is 2.10 bits per heavy atom. The summed E-state index contributed by atoms with van der Waals surface area (Å²) in [6, 6.07) is 2.69. The highest BCUT2D eigenvalue weighted by molar-refractivity contribution is 5.96. The summed E-state index contributed by atoms with van der Waals surface area (Å²) >= 11 is 0. The van der Waals surface area contributed by atoms with E-state index in [1.807, 2.05) is 19.9 Å². The molecule has 6 nitrogen and oxygen atoms in total. The Labute approximate surface area is 124 Å². The molecule has 1 aliphatic heterocycles. The maximum absolute atomic E-state index is 12.3. The Morgan fingerprint density at radius 3 is 2.71 bits per heavy atom. The maximum atomic E-state index is 12.3. The Bertz CT molecular complexity index is 559. The molecule has 0 radical (unpaired) electrons. The van der Waals surface area contributed by atoms with Gasteiger partial charge in [-0.25, -0.2) is 0 Å². The number of carbonyl (C=O) groups excluding carboxylic acids is 2. The van der Waals surface area contributed by atoms with Crippen molar-refractivity contribution in [3.63, 3.8) is 0 Å². The largest absolute Gasteiger partial charge is 0.497 e. The van der Waals surface area contributed by atoms with Crippen molar-refractivity contribution >= 4 is 11.8 Å². The topological polar surface area (TPSA) is 71.5 Å². The van der Waals surface area contributed by atoms with Crippen molar-refractivity contribution in [2.75, 3.05) is 7.11 Å². The average molecular weight is 291 g/mol. The van der Waals surface area contributed by atoms with Crippen LogP contribution in [0.3, 0.4) is 0 Å². The number of rotatable bonds is 4. The van der Waals surface area contributed by atoms with Crippen LogP contribution in [0.15, 0.2) is 12.1 Å². The van der Waals surface area contributed by atoms with Crippen molar-refractivity contribution in [1.82, 2.24) is 15.2 Å². The standard InChI is InChI=1S/C15H21N3O3/c1-5-13-14(19)17-10(3)15(20)18(13)8-11-7-12(21-4)6-9(2)16-11/h6-7,10,13H,5,8H2,1-4H3,(H,17,19). The van der Waals surface area contributed by atoms with Gasteiger partial charge in [-0.2, -0.15) is 0 Å². The van der Waals surface area contributed by atoms with E-state index in [1.165, 1.54) is 0 Å². The minimum absolute atomic E-state index is 0.0799. The highest BCUT2D eigenvalue weighted by Gasteiger charge is 2.37. The van der Waals surface area contributed by atoms with Gasteiger partial charge in [0.05, 0.1) is 19.3 Å². The first-order valence-corrected chi connectivity index (χ1v) is 7.08. The molecule has 0 aromatic carbocycles. The van der Waals surface area contributed by atoms with Gasteiger partial charge in [0.15, 0.2) is 0 Å². The lowest BCUT2D eigenvalue weighted by molar-refractivity contribution is -0.149. The van der Waals surface area contributed by atoms with Crippen molar-refractivity contribution in [3.8, 4) is 5.75 Å². The number of hydrogen-bond acceptors (Lipinski definition) is 4. The molecule has 1 saturated heterocycles. The van der Waals surface area contributed by atoms with Crippen LogP contribution in [0.1, 0.15) is 31.7 Å². The van der Waals surface area contributed by atoms with Gasteiger partial charge < -0.3 is 15.0 Å². The second kappa shape index (κ2) is 6.11. The highest BCUT2D eigenvalue weighted by Crippen LogP contribution is 2.19. The van der Waals surface area contributed by atoms with Crippen LogP contribution < -0.4 is 10.1 Å². The highest BCUT2D eigenvalue weighted by atomic mass is 16.5. The smallest absolute Gasteiger partial charge is 0.245 e. The van der Waals surface area contributed by atoms with Crippen molar-refractivity contribution in [2.24, 2.45) is 0 Å². The molecule has 114 valence electrons. The van der Waals surface area contributed by atoms with Gasteiger partial charge in [0.1, 0.15) is 17.8 Å². The van der Waals surface area contributed by atoms with E-state index in [1.54, 1.807) is 25.0 Å². The van der Waals surface area contributed by atoms with E-state index in [0.717, 1.165) is 11.4 Å². The summed E-state index contributed by atoms with van der Waals surface area (Å²) in [5, 5.41) is 2.70. The SMILES string of the molecule is CCC1C(=O)NC(C)C(=O)N1Cc1cc(OC)cc(C)n1. The van der Waals surface area contributed by atoms with E-state index in [0.29, 0.717) is 18.7 Å². The summed E-state index contributed by atoms with van der Waals surface area (Å²) in [5.74, 6) is 0.514. The second-order valence-corrected chi connectivity index (χ2v) is 5.26. The van der Waals surface area contributed by atoms with Crippen LogP contribution in [0.25, 0.3) is 0 Å². The number of hydrogen-bond donors (Lipinski definition) is 1. The monoisotopic (exact) mass is 291 g/mol. The van der Waals surface area contributed by atoms with Crippen LogP contribution in [0.2, 0.25) is 0 Å². The van der Waals surface area contributed by atoms with Crippen LogP contribution in [-0.2, 0) is 16.1 Å². The number of aryl methyl sites for hydroxylation is 1. The van der Waals surface area contributed by atoms with Gasteiger partial charge in [-0.3, -0.25) is 14.6 Å². The normalized spacial score (nSPS) is 22.2. The number of piperazine rings is 1. The Kier molecular flexibility index (Phi) is 4.45. The quantitative estimate of drug-likeness (QED) is 0.899. The minimum atomic E-state index is -0.494. The van der Waals surface area contributed by atoms with Crippen molar-refractivity contribution < 1.29 is 14.3 Å². The zero-order valence-electron chi connectivity index (χ0n) is 12.8. The number of amides is 2. The van der Waals surface area contributed by atoms with Crippen LogP contribution in [0.5, 0.6) is 5.75 Å². The fourth-order valence-electron chi connectivity index (χ4n) is 2.59. The minimum Gasteiger partial charge on any atom is -0.497 e. The Morgan fingerprint density at radius 1 is 1.38 bits per heavy atom. The molecule has 0 saturated carbocycles. The number of carbonyl (C=O) groups is 2. The summed E-state index contributed by atoms with van der Waals surface area (Å²) in [5.41, 5.74) is 1.54. The fourth-order valence-corrected chi connectivity index (χ4v) is 2.59. The van der Waals surface area contributed by atoms with E-state index in [-0.39, 0.29) is 11.8 Å². The van der Waals surface area contributed by atoms with E-state index >= 15 is 0 Å². The Hall–Kier alpha value is -2.11.